The Bertz CT molecular complexity index is 280. The molecule has 0 heterocycles. The van der Waals surface area contributed by atoms with Crippen LogP contribution in [0.25, 0.3) is 0 Å². The Balaban J connectivity index is 2.51. The van der Waals surface area contributed by atoms with Crippen LogP contribution in [-0.2, 0) is 4.79 Å². The van der Waals surface area contributed by atoms with Gasteiger partial charge in [-0.25, -0.2) is 0 Å². The minimum Gasteiger partial charge on any atom is -0.408 e. The number of aldehydes is 1. The molecule has 1 N–H and O–H groups in total. The number of carbonyl (C=O) groups excluding carboxylic acids is 1. The molecule has 0 amide bonds. The molecule has 0 aliphatic rings. The number of rotatable bonds is 5. The first-order valence-electron chi connectivity index (χ1n) is 4.67. The summed E-state index contributed by atoms with van der Waals surface area (Å²) in [4.78, 5) is 15.1. The average Bonchev–Trinajstić information content (AvgIpc) is 2.19. The highest BCUT2D eigenvalue weighted by Gasteiger charge is 1.98. The van der Waals surface area contributed by atoms with E-state index in [0.29, 0.717) is 5.92 Å². The molecule has 3 nitrogen and oxygen atoms in total. The summed E-state index contributed by atoms with van der Waals surface area (Å²) in [6.07, 6.45) is 0.752. The van der Waals surface area contributed by atoms with Crippen molar-refractivity contribution in [2.75, 3.05) is 6.54 Å². The molecule has 0 radical (unpaired) electrons. The van der Waals surface area contributed by atoms with Crippen molar-refractivity contribution in [1.82, 2.24) is 5.48 Å². The van der Waals surface area contributed by atoms with E-state index in [2.05, 4.69) is 19.3 Å². The molecule has 0 unspecified atom stereocenters. The molecule has 3 heteroatoms. The first kappa shape index (κ1) is 10.7. The zero-order chi connectivity index (χ0) is 10.4. The van der Waals surface area contributed by atoms with Crippen LogP contribution >= 0.6 is 0 Å². The molecule has 0 atom stereocenters. The second-order valence-corrected chi connectivity index (χ2v) is 3.34. The van der Waals surface area contributed by atoms with Crippen molar-refractivity contribution in [3.05, 3.63) is 29.8 Å². The number of hydroxylamine groups is 1. The van der Waals surface area contributed by atoms with Crippen LogP contribution in [0.2, 0.25) is 0 Å². The molecule has 1 aromatic rings. The van der Waals surface area contributed by atoms with Gasteiger partial charge in [0, 0.05) is 0 Å². The Labute approximate surface area is 84.0 Å². The normalized spacial score (nSPS) is 10.2. The molecule has 0 aliphatic heterocycles. The summed E-state index contributed by atoms with van der Waals surface area (Å²) in [6.45, 7) is 4.48. The lowest BCUT2D eigenvalue weighted by Gasteiger charge is -2.07. The van der Waals surface area contributed by atoms with Crippen molar-refractivity contribution in [3.8, 4) is 5.75 Å². The average molecular weight is 193 g/mol. The van der Waals surface area contributed by atoms with E-state index in [0.717, 1.165) is 12.0 Å². The molecule has 0 aromatic heterocycles. The van der Waals surface area contributed by atoms with E-state index in [9.17, 15) is 4.79 Å². The standard InChI is InChI=1S/C11H15NO2/c1-9(2)10-3-5-11(6-4-10)14-12-7-8-13/h3-6,8-9,12H,7H2,1-2H3. The zero-order valence-corrected chi connectivity index (χ0v) is 8.49. The highest BCUT2D eigenvalue weighted by molar-refractivity contribution is 5.51. The molecule has 0 saturated heterocycles. The summed E-state index contributed by atoms with van der Waals surface area (Å²) < 4.78 is 0. The number of hydrogen-bond acceptors (Lipinski definition) is 3. The van der Waals surface area contributed by atoms with Crippen molar-refractivity contribution in [2.24, 2.45) is 0 Å². The van der Waals surface area contributed by atoms with Gasteiger partial charge in [0.15, 0.2) is 0 Å². The quantitative estimate of drug-likeness (QED) is 0.441. The van der Waals surface area contributed by atoms with Crippen molar-refractivity contribution in [1.29, 1.82) is 0 Å². The van der Waals surface area contributed by atoms with E-state index in [1.165, 1.54) is 5.56 Å². The van der Waals surface area contributed by atoms with E-state index in [1.54, 1.807) is 0 Å². The van der Waals surface area contributed by atoms with E-state index >= 15 is 0 Å². The Hall–Kier alpha value is -1.35. The second-order valence-electron chi connectivity index (χ2n) is 3.34. The number of carbonyl (C=O) groups is 1. The van der Waals surface area contributed by atoms with Gasteiger partial charge in [-0.15, -0.1) is 5.48 Å². The van der Waals surface area contributed by atoms with E-state index in [-0.39, 0.29) is 6.54 Å². The van der Waals surface area contributed by atoms with Gasteiger partial charge in [0.05, 0.1) is 6.54 Å². The molecule has 0 bridgehead atoms. The monoisotopic (exact) mass is 193 g/mol. The summed E-state index contributed by atoms with van der Waals surface area (Å²) in [5.74, 6) is 1.24. The number of benzene rings is 1. The number of nitrogens with one attached hydrogen (secondary N) is 1. The third-order valence-corrected chi connectivity index (χ3v) is 1.90. The highest BCUT2D eigenvalue weighted by atomic mass is 16.6. The molecule has 0 spiro atoms. The smallest absolute Gasteiger partial charge is 0.147 e. The fourth-order valence-electron chi connectivity index (χ4n) is 1.08. The molecule has 0 aliphatic carbocycles. The van der Waals surface area contributed by atoms with Crippen molar-refractivity contribution >= 4 is 6.29 Å². The van der Waals surface area contributed by atoms with E-state index in [4.69, 9.17) is 4.84 Å². The third kappa shape index (κ3) is 3.18. The van der Waals surface area contributed by atoms with Crippen LogP contribution in [0, 0.1) is 0 Å². The highest BCUT2D eigenvalue weighted by Crippen LogP contribution is 2.17. The Morgan fingerprint density at radius 3 is 2.50 bits per heavy atom. The largest absolute Gasteiger partial charge is 0.408 e. The van der Waals surface area contributed by atoms with Gasteiger partial charge in [-0.1, -0.05) is 26.0 Å². The van der Waals surface area contributed by atoms with E-state index in [1.807, 2.05) is 24.3 Å². The predicted molar refractivity (Wildman–Crippen MR) is 55.2 cm³/mol. The number of hydrogen-bond donors (Lipinski definition) is 1. The Morgan fingerprint density at radius 1 is 1.36 bits per heavy atom. The zero-order valence-electron chi connectivity index (χ0n) is 8.49. The van der Waals surface area contributed by atoms with E-state index < -0.39 is 0 Å². The fraction of sp³-hybridized carbons (Fsp3) is 0.364. The lowest BCUT2D eigenvalue weighted by atomic mass is 10.0. The summed E-state index contributed by atoms with van der Waals surface area (Å²) in [5.41, 5.74) is 3.80. The maximum atomic E-state index is 10.00. The molecule has 1 aromatic carbocycles. The van der Waals surface area contributed by atoms with Gasteiger partial charge in [0.2, 0.25) is 0 Å². The molecule has 1 rings (SSSR count). The molecule has 0 fully saturated rings. The third-order valence-electron chi connectivity index (χ3n) is 1.90. The van der Waals surface area contributed by atoms with Crippen LogP contribution in [0.3, 0.4) is 0 Å². The molecular formula is C11H15NO2. The van der Waals surface area contributed by atoms with Gasteiger partial charge < -0.3 is 9.63 Å². The van der Waals surface area contributed by atoms with Crippen LogP contribution in [0.5, 0.6) is 5.75 Å². The van der Waals surface area contributed by atoms with Crippen LogP contribution in [-0.4, -0.2) is 12.8 Å². The molecule has 14 heavy (non-hydrogen) atoms. The van der Waals surface area contributed by atoms with Gasteiger partial charge in [0.25, 0.3) is 0 Å². The second kappa shape index (κ2) is 5.40. The van der Waals surface area contributed by atoms with Crippen molar-refractivity contribution in [3.63, 3.8) is 0 Å². The minimum absolute atomic E-state index is 0.200. The summed E-state index contributed by atoms with van der Waals surface area (Å²) in [5, 5.41) is 0. The van der Waals surface area contributed by atoms with Crippen LogP contribution in [0.15, 0.2) is 24.3 Å². The Kier molecular flexibility index (Phi) is 4.13. The van der Waals surface area contributed by atoms with Gasteiger partial charge in [-0.2, -0.15) is 0 Å². The lowest BCUT2D eigenvalue weighted by molar-refractivity contribution is -0.108. The van der Waals surface area contributed by atoms with Gasteiger partial charge in [-0.3, -0.25) is 0 Å². The maximum absolute atomic E-state index is 10.00. The lowest BCUT2D eigenvalue weighted by Crippen LogP contribution is -2.20. The van der Waals surface area contributed by atoms with Gasteiger partial charge >= 0.3 is 0 Å². The van der Waals surface area contributed by atoms with Crippen molar-refractivity contribution in [2.45, 2.75) is 19.8 Å². The molecular weight excluding hydrogens is 178 g/mol. The Morgan fingerprint density at radius 2 is 2.00 bits per heavy atom. The first-order chi connectivity index (χ1) is 6.74. The van der Waals surface area contributed by atoms with Crippen LogP contribution in [0.1, 0.15) is 25.3 Å². The van der Waals surface area contributed by atoms with Crippen LogP contribution in [0.4, 0.5) is 0 Å². The SMILES string of the molecule is CC(C)c1ccc(ONCC=O)cc1. The fourth-order valence-corrected chi connectivity index (χ4v) is 1.08. The summed E-state index contributed by atoms with van der Waals surface area (Å²) in [7, 11) is 0. The summed E-state index contributed by atoms with van der Waals surface area (Å²) in [6, 6.07) is 7.80. The predicted octanol–water partition coefficient (Wildman–Crippen LogP) is 1.89. The minimum atomic E-state index is 0.200. The van der Waals surface area contributed by atoms with Gasteiger partial charge in [0.1, 0.15) is 12.0 Å². The molecule has 0 saturated carbocycles. The van der Waals surface area contributed by atoms with Crippen molar-refractivity contribution < 1.29 is 9.63 Å². The maximum Gasteiger partial charge on any atom is 0.147 e. The van der Waals surface area contributed by atoms with Gasteiger partial charge in [-0.05, 0) is 23.6 Å². The summed E-state index contributed by atoms with van der Waals surface area (Å²) >= 11 is 0. The van der Waals surface area contributed by atoms with Crippen LogP contribution < -0.4 is 10.3 Å². The first-order valence-corrected chi connectivity index (χ1v) is 4.67. The molecule has 76 valence electrons. The topological polar surface area (TPSA) is 38.3 Å².